The average molecular weight is 314 g/mol. The van der Waals surface area contributed by atoms with Gasteiger partial charge in [0.05, 0.1) is 13.2 Å². The Morgan fingerprint density at radius 1 is 1.30 bits per heavy atom. The smallest absolute Gasteiger partial charge is 0.244 e. The molecule has 4 nitrogen and oxygen atoms in total. The predicted octanol–water partition coefficient (Wildman–Crippen LogP) is 3.08. The molecule has 1 unspecified atom stereocenters. The maximum Gasteiger partial charge on any atom is 0.244 e. The first-order valence-corrected chi connectivity index (χ1v) is 8.20. The summed E-state index contributed by atoms with van der Waals surface area (Å²) in [6.45, 7) is 4.63. The molecule has 4 heteroatoms. The number of benzene rings is 1. The molecule has 23 heavy (non-hydrogen) atoms. The number of carbonyl (C=O) groups is 1. The number of hydrogen-bond donors (Lipinski definition) is 1. The molecule has 1 atom stereocenters. The molecule has 2 rings (SSSR count). The van der Waals surface area contributed by atoms with E-state index in [1.807, 2.05) is 37.3 Å². The molecule has 1 aliphatic rings. The van der Waals surface area contributed by atoms with Gasteiger partial charge in [-0.2, -0.15) is 0 Å². The molecule has 0 aromatic heterocycles. The molecule has 0 radical (unpaired) electrons. The Balaban J connectivity index is 2.10. The van der Waals surface area contributed by atoms with Crippen molar-refractivity contribution in [2.45, 2.75) is 25.8 Å². The highest BCUT2D eigenvalue weighted by Crippen LogP contribution is 2.31. The quantitative estimate of drug-likeness (QED) is 0.621. The Hall–Kier alpha value is -2.07. The lowest BCUT2D eigenvalue weighted by molar-refractivity contribution is -0.116. The maximum atomic E-state index is 11.9. The number of para-hydroxylation sites is 1. The molecular formula is C19H26N2O2. The Kier molecular flexibility index (Phi) is 6.88. The van der Waals surface area contributed by atoms with E-state index in [4.69, 9.17) is 4.74 Å². The molecule has 1 saturated heterocycles. The number of allylic oxidation sites excluding steroid dienone is 3. The molecule has 0 saturated carbocycles. The van der Waals surface area contributed by atoms with Crippen molar-refractivity contribution in [3.8, 4) is 5.75 Å². The molecule has 1 heterocycles. The average Bonchev–Trinajstić information content (AvgIpc) is 3.10. The number of nitrogens with one attached hydrogen (secondary N) is 1. The second kappa shape index (κ2) is 9.16. The third-order valence-corrected chi connectivity index (χ3v) is 4.10. The van der Waals surface area contributed by atoms with Crippen molar-refractivity contribution in [3.05, 3.63) is 54.1 Å². The van der Waals surface area contributed by atoms with Gasteiger partial charge in [-0.3, -0.25) is 9.69 Å². The standard InChI is InChI=1S/C19H26N2O2/c1-3-4-5-12-19(22)20-15-17(21-13-8-9-14-21)16-10-6-7-11-18(16)23-2/h3-7,10-12,17H,8-9,13-15H2,1-2H3,(H,20,22)/b4-3+,12-5+. The van der Waals surface area contributed by atoms with Crippen LogP contribution in [-0.2, 0) is 4.79 Å². The number of ether oxygens (including phenoxy) is 1. The highest BCUT2D eigenvalue weighted by molar-refractivity contribution is 5.87. The Morgan fingerprint density at radius 2 is 2.04 bits per heavy atom. The van der Waals surface area contributed by atoms with Gasteiger partial charge in [-0.05, 0) is 38.9 Å². The van der Waals surface area contributed by atoms with Crippen LogP contribution in [0.1, 0.15) is 31.4 Å². The molecule has 1 N–H and O–H groups in total. The maximum absolute atomic E-state index is 11.9. The van der Waals surface area contributed by atoms with Crippen molar-refractivity contribution in [3.63, 3.8) is 0 Å². The van der Waals surface area contributed by atoms with E-state index >= 15 is 0 Å². The summed E-state index contributed by atoms with van der Waals surface area (Å²) in [4.78, 5) is 14.4. The molecular weight excluding hydrogens is 288 g/mol. The third kappa shape index (κ3) is 4.96. The fourth-order valence-electron chi connectivity index (χ4n) is 2.94. The molecule has 1 aliphatic heterocycles. The number of rotatable bonds is 7. The summed E-state index contributed by atoms with van der Waals surface area (Å²) in [5, 5.41) is 3.01. The fourth-order valence-corrected chi connectivity index (χ4v) is 2.94. The van der Waals surface area contributed by atoms with E-state index in [0.29, 0.717) is 6.54 Å². The lowest BCUT2D eigenvalue weighted by Crippen LogP contribution is -2.36. The van der Waals surface area contributed by atoms with E-state index in [-0.39, 0.29) is 11.9 Å². The van der Waals surface area contributed by atoms with Crippen molar-refractivity contribution < 1.29 is 9.53 Å². The van der Waals surface area contributed by atoms with Crippen LogP contribution >= 0.6 is 0 Å². The summed E-state index contributed by atoms with van der Waals surface area (Å²) in [6, 6.07) is 8.21. The van der Waals surface area contributed by atoms with Gasteiger partial charge in [-0.1, -0.05) is 36.4 Å². The minimum atomic E-state index is -0.0674. The van der Waals surface area contributed by atoms with Crippen molar-refractivity contribution in [2.24, 2.45) is 0 Å². The van der Waals surface area contributed by atoms with Crippen LogP contribution in [0.2, 0.25) is 0 Å². The van der Waals surface area contributed by atoms with Crippen LogP contribution in [-0.4, -0.2) is 37.6 Å². The van der Waals surface area contributed by atoms with E-state index in [1.54, 1.807) is 19.3 Å². The molecule has 1 amide bonds. The zero-order chi connectivity index (χ0) is 16.5. The Morgan fingerprint density at radius 3 is 2.74 bits per heavy atom. The molecule has 1 aromatic carbocycles. The normalized spacial score (nSPS) is 17.0. The minimum absolute atomic E-state index is 0.0674. The number of carbonyl (C=O) groups excluding carboxylic acids is 1. The van der Waals surface area contributed by atoms with E-state index in [1.165, 1.54) is 12.8 Å². The van der Waals surface area contributed by atoms with Crippen molar-refractivity contribution >= 4 is 5.91 Å². The van der Waals surface area contributed by atoms with Gasteiger partial charge in [0.2, 0.25) is 5.91 Å². The summed E-state index contributed by atoms with van der Waals surface area (Å²) in [6.07, 6.45) is 9.47. The van der Waals surface area contributed by atoms with Crippen LogP contribution in [0.5, 0.6) is 5.75 Å². The largest absolute Gasteiger partial charge is 0.496 e. The summed E-state index contributed by atoms with van der Waals surface area (Å²) >= 11 is 0. The number of nitrogens with zero attached hydrogens (tertiary/aromatic N) is 1. The lowest BCUT2D eigenvalue weighted by atomic mass is 10.0. The fraction of sp³-hybridized carbons (Fsp3) is 0.421. The molecule has 0 aliphatic carbocycles. The zero-order valence-corrected chi connectivity index (χ0v) is 14.0. The number of likely N-dealkylation sites (tertiary alicyclic amines) is 1. The van der Waals surface area contributed by atoms with Gasteiger partial charge in [-0.15, -0.1) is 0 Å². The van der Waals surface area contributed by atoms with Crippen LogP contribution in [0.4, 0.5) is 0 Å². The molecule has 1 aromatic rings. The van der Waals surface area contributed by atoms with Gasteiger partial charge in [0.25, 0.3) is 0 Å². The SMILES string of the molecule is C/C=C/C=C/C(=O)NCC(c1ccccc1OC)N1CCCC1. The van der Waals surface area contributed by atoms with E-state index < -0.39 is 0 Å². The predicted molar refractivity (Wildman–Crippen MR) is 93.5 cm³/mol. The second-order valence-electron chi connectivity index (χ2n) is 5.63. The highest BCUT2D eigenvalue weighted by atomic mass is 16.5. The molecule has 1 fully saturated rings. The van der Waals surface area contributed by atoms with Crippen LogP contribution in [0.3, 0.4) is 0 Å². The van der Waals surface area contributed by atoms with Gasteiger partial charge in [0.15, 0.2) is 0 Å². The molecule has 0 bridgehead atoms. The monoisotopic (exact) mass is 314 g/mol. The summed E-state index contributed by atoms with van der Waals surface area (Å²) in [5.74, 6) is 0.810. The molecule has 124 valence electrons. The summed E-state index contributed by atoms with van der Waals surface area (Å²) in [7, 11) is 1.69. The van der Waals surface area contributed by atoms with Crippen LogP contribution in [0.15, 0.2) is 48.6 Å². The van der Waals surface area contributed by atoms with Gasteiger partial charge in [-0.25, -0.2) is 0 Å². The van der Waals surface area contributed by atoms with Crippen LogP contribution in [0.25, 0.3) is 0 Å². The first-order valence-electron chi connectivity index (χ1n) is 8.20. The van der Waals surface area contributed by atoms with Gasteiger partial charge in [0.1, 0.15) is 5.75 Å². The Bertz CT molecular complexity index is 560. The topological polar surface area (TPSA) is 41.6 Å². The van der Waals surface area contributed by atoms with Gasteiger partial charge in [0, 0.05) is 18.2 Å². The van der Waals surface area contributed by atoms with E-state index in [2.05, 4.69) is 16.3 Å². The number of amides is 1. The van der Waals surface area contributed by atoms with E-state index in [9.17, 15) is 4.79 Å². The zero-order valence-electron chi connectivity index (χ0n) is 14.0. The molecule has 0 spiro atoms. The Labute approximate surface area is 138 Å². The number of hydrogen-bond acceptors (Lipinski definition) is 3. The first-order chi connectivity index (χ1) is 11.3. The lowest BCUT2D eigenvalue weighted by Gasteiger charge is -2.29. The number of methoxy groups -OCH3 is 1. The minimum Gasteiger partial charge on any atom is -0.496 e. The van der Waals surface area contributed by atoms with Crippen LogP contribution < -0.4 is 10.1 Å². The van der Waals surface area contributed by atoms with Gasteiger partial charge < -0.3 is 10.1 Å². The van der Waals surface area contributed by atoms with E-state index in [0.717, 1.165) is 24.4 Å². The van der Waals surface area contributed by atoms with Crippen molar-refractivity contribution in [1.82, 2.24) is 10.2 Å². The van der Waals surface area contributed by atoms with Gasteiger partial charge >= 0.3 is 0 Å². The van der Waals surface area contributed by atoms with Crippen molar-refractivity contribution in [1.29, 1.82) is 0 Å². The third-order valence-electron chi connectivity index (χ3n) is 4.10. The summed E-state index contributed by atoms with van der Waals surface area (Å²) < 4.78 is 5.51. The van der Waals surface area contributed by atoms with Crippen LogP contribution in [0, 0.1) is 0 Å². The highest BCUT2D eigenvalue weighted by Gasteiger charge is 2.25. The first kappa shape index (κ1) is 17.3. The summed E-state index contributed by atoms with van der Waals surface area (Å²) in [5.41, 5.74) is 1.13. The second-order valence-corrected chi connectivity index (χ2v) is 5.63. The van der Waals surface area contributed by atoms with Crippen molar-refractivity contribution in [2.75, 3.05) is 26.7 Å².